The summed E-state index contributed by atoms with van der Waals surface area (Å²) in [5.74, 6) is 2.19. The predicted molar refractivity (Wildman–Crippen MR) is 110 cm³/mol. The van der Waals surface area contributed by atoms with Crippen LogP contribution >= 0.6 is 11.6 Å². The summed E-state index contributed by atoms with van der Waals surface area (Å²) in [4.78, 5) is 9.30. The van der Waals surface area contributed by atoms with E-state index in [1.54, 1.807) is 0 Å². The van der Waals surface area contributed by atoms with E-state index in [2.05, 4.69) is 27.0 Å². The van der Waals surface area contributed by atoms with E-state index >= 15 is 0 Å². The van der Waals surface area contributed by atoms with Gasteiger partial charge in [0.25, 0.3) is 0 Å². The molecule has 2 aliphatic rings. The second-order valence-electron chi connectivity index (χ2n) is 6.82. The molecule has 2 aromatic heterocycles. The van der Waals surface area contributed by atoms with Crippen LogP contribution in [0, 0.1) is 6.92 Å². The van der Waals surface area contributed by atoms with Gasteiger partial charge in [-0.1, -0.05) is 17.7 Å². The number of hydrogen-bond acceptors (Lipinski definition) is 6. The zero-order valence-electron chi connectivity index (χ0n) is 15.7. The lowest BCUT2D eigenvalue weighted by Crippen LogP contribution is -2.12. The molecule has 0 spiro atoms. The van der Waals surface area contributed by atoms with Crippen molar-refractivity contribution in [3.05, 3.63) is 40.2 Å². The van der Waals surface area contributed by atoms with Gasteiger partial charge in [0.05, 0.1) is 17.3 Å². The highest BCUT2D eigenvalue weighted by atomic mass is 35.5. The third kappa shape index (κ3) is 3.73. The Kier molecular flexibility index (Phi) is 5.18. The fourth-order valence-corrected chi connectivity index (χ4v) is 3.87. The third-order valence-electron chi connectivity index (χ3n) is 4.85. The van der Waals surface area contributed by atoms with Crippen molar-refractivity contribution in [1.82, 2.24) is 15.3 Å². The number of allylic oxidation sites excluding steroid dienone is 1. The first-order valence-corrected chi connectivity index (χ1v) is 9.72. The molecule has 3 N–H and O–H groups in total. The topological polar surface area (TPSA) is 71.1 Å². The summed E-state index contributed by atoms with van der Waals surface area (Å²) in [5.41, 5.74) is 5.07. The van der Waals surface area contributed by atoms with E-state index in [9.17, 15) is 0 Å². The van der Waals surface area contributed by atoms with Crippen LogP contribution in [0.1, 0.15) is 29.8 Å². The molecular formula is C20H24ClN5O. The number of aromatic nitrogens is 2. The Labute approximate surface area is 164 Å². The molecule has 7 heteroatoms. The number of hydrogen-bond donors (Lipinski definition) is 3. The number of pyridine rings is 2. The van der Waals surface area contributed by atoms with Crippen LogP contribution in [0.15, 0.2) is 18.2 Å². The molecule has 0 fully saturated rings. The molecule has 0 radical (unpaired) electrons. The van der Waals surface area contributed by atoms with Gasteiger partial charge in [0, 0.05) is 43.0 Å². The molecule has 0 atom stereocenters. The molecule has 0 saturated heterocycles. The SMILES string of the molecule is CNc1cc(C)nc(Nc2nc3c(c(C4=CCNCCC4)c2Cl)OCC3)c1. The van der Waals surface area contributed by atoms with Gasteiger partial charge >= 0.3 is 0 Å². The van der Waals surface area contributed by atoms with Gasteiger partial charge in [0.1, 0.15) is 11.6 Å². The number of ether oxygens (including phenoxy) is 1. The summed E-state index contributed by atoms with van der Waals surface area (Å²) in [5, 5.41) is 10.5. The third-order valence-corrected chi connectivity index (χ3v) is 5.22. The molecule has 27 heavy (non-hydrogen) atoms. The monoisotopic (exact) mass is 385 g/mol. The summed E-state index contributed by atoms with van der Waals surface area (Å²) in [6, 6.07) is 3.94. The number of nitrogens with zero attached hydrogens (tertiary/aromatic N) is 2. The lowest BCUT2D eigenvalue weighted by Gasteiger charge is -2.17. The number of nitrogens with one attached hydrogen (secondary N) is 3. The quantitative estimate of drug-likeness (QED) is 0.740. The Balaban J connectivity index is 1.77. The van der Waals surface area contributed by atoms with Crippen LogP contribution in [-0.4, -0.2) is 36.7 Å². The van der Waals surface area contributed by atoms with Crippen LogP contribution < -0.4 is 20.7 Å². The number of anilines is 3. The van der Waals surface area contributed by atoms with E-state index in [-0.39, 0.29) is 0 Å². The zero-order chi connectivity index (χ0) is 18.8. The Morgan fingerprint density at radius 3 is 2.96 bits per heavy atom. The Morgan fingerprint density at radius 2 is 2.11 bits per heavy atom. The lowest BCUT2D eigenvalue weighted by molar-refractivity contribution is 0.356. The van der Waals surface area contributed by atoms with Gasteiger partial charge in [-0.25, -0.2) is 9.97 Å². The van der Waals surface area contributed by atoms with Crippen LogP contribution in [0.5, 0.6) is 5.75 Å². The minimum absolute atomic E-state index is 0.595. The largest absolute Gasteiger partial charge is 0.491 e. The van der Waals surface area contributed by atoms with E-state index in [1.807, 2.05) is 26.1 Å². The maximum Gasteiger partial charge on any atom is 0.151 e. The molecule has 2 aliphatic heterocycles. The molecule has 2 aromatic rings. The maximum atomic E-state index is 6.83. The molecule has 4 heterocycles. The first-order valence-electron chi connectivity index (χ1n) is 9.34. The summed E-state index contributed by atoms with van der Waals surface area (Å²) in [7, 11) is 1.89. The highest BCUT2D eigenvalue weighted by Crippen LogP contribution is 2.43. The van der Waals surface area contributed by atoms with Crippen LogP contribution in [-0.2, 0) is 6.42 Å². The number of fused-ring (bicyclic) bond motifs is 1. The molecular weight excluding hydrogens is 362 g/mol. The first kappa shape index (κ1) is 18.1. The van der Waals surface area contributed by atoms with Crippen molar-refractivity contribution in [2.45, 2.75) is 26.2 Å². The standard InChI is InChI=1S/C20H24ClN5O/c1-12-10-14(22-2)11-16(24-12)26-20-18(21)17(13-4-3-7-23-8-5-13)19-15(25-20)6-9-27-19/h5,10-11,23H,3-4,6-9H2,1-2H3,(H2,22,24,25,26). The van der Waals surface area contributed by atoms with E-state index < -0.39 is 0 Å². The molecule has 142 valence electrons. The minimum Gasteiger partial charge on any atom is -0.491 e. The molecule has 0 saturated carbocycles. The second kappa shape index (κ2) is 7.74. The van der Waals surface area contributed by atoms with E-state index in [4.69, 9.17) is 21.3 Å². The summed E-state index contributed by atoms with van der Waals surface area (Å²) in [6.07, 6.45) is 5.05. The number of halogens is 1. The molecule has 4 rings (SSSR count). The highest BCUT2D eigenvalue weighted by molar-refractivity contribution is 6.35. The van der Waals surface area contributed by atoms with Gasteiger partial charge in [-0.2, -0.15) is 0 Å². The summed E-state index contributed by atoms with van der Waals surface area (Å²) >= 11 is 6.83. The van der Waals surface area contributed by atoms with Crippen molar-refractivity contribution in [2.75, 3.05) is 37.4 Å². The molecule has 0 unspecified atom stereocenters. The van der Waals surface area contributed by atoms with Gasteiger partial charge < -0.3 is 20.7 Å². The first-order chi connectivity index (χ1) is 13.2. The molecule has 0 bridgehead atoms. The Bertz CT molecular complexity index is 896. The van der Waals surface area contributed by atoms with Crippen LogP contribution in [0.25, 0.3) is 5.57 Å². The van der Waals surface area contributed by atoms with Gasteiger partial charge in [-0.3, -0.25) is 0 Å². The Hall–Kier alpha value is -2.31. The summed E-state index contributed by atoms with van der Waals surface area (Å²) < 4.78 is 5.90. The fourth-order valence-electron chi connectivity index (χ4n) is 3.57. The zero-order valence-corrected chi connectivity index (χ0v) is 16.4. The predicted octanol–water partition coefficient (Wildman–Crippen LogP) is 3.93. The van der Waals surface area contributed by atoms with Crippen molar-refractivity contribution in [3.8, 4) is 5.75 Å². The van der Waals surface area contributed by atoms with Gasteiger partial charge in [0.15, 0.2) is 5.82 Å². The lowest BCUT2D eigenvalue weighted by atomic mass is 9.99. The van der Waals surface area contributed by atoms with Crippen molar-refractivity contribution < 1.29 is 4.74 Å². The molecule has 6 nitrogen and oxygen atoms in total. The van der Waals surface area contributed by atoms with Crippen LogP contribution in [0.3, 0.4) is 0 Å². The normalized spacial score (nSPS) is 16.2. The Morgan fingerprint density at radius 1 is 1.22 bits per heavy atom. The molecule has 0 amide bonds. The van der Waals surface area contributed by atoms with Crippen LogP contribution in [0.4, 0.5) is 17.3 Å². The minimum atomic E-state index is 0.595. The second-order valence-corrected chi connectivity index (χ2v) is 7.20. The molecule has 0 aromatic carbocycles. The van der Waals surface area contributed by atoms with Crippen molar-refractivity contribution in [3.63, 3.8) is 0 Å². The van der Waals surface area contributed by atoms with Gasteiger partial charge in [-0.15, -0.1) is 0 Å². The van der Waals surface area contributed by atoms with Crippen molar-refractivity contribution >= 4 is 34.5 Å². The smallest absolute Gasteiger partial charge is 0.151 e. The average molecular weight is 386 g/mol. The van der Waals surface area contributed by atoms with Crippen molar-refractivity contribution in [2.24, 2.45) is 0 Å². The van der Waals surface area contributed by atoms with E-state index in [0.29, 0.717) is 17.4 Å². The summed E-state index contributed by atoms with van der Waals surface area (Å²) in [6.45, 7) is 4.47. The average Bonchev–Trinajstić information content (AvgIpc) is 2.95. The fraction of sp³-hybridized carbons (Fsp3) is 0.400. The maximum absolute atomic E-state index is 6.83. The highest BCUT2D eigenvalue weighted by Gasteiger charge is 2.26. The van der Waals surface area contributed by atoms with Gasteiger partial charge in [-0.05, 0) is 37.9 Å². The van der Waals surface area contributed by atoms with E-state index in [0.717, 1.165) is 66.6 Å². The van der Waals surface area contributed by atoms with Gasteiger partial charge in [0.2, 0.25) is 0 Å². The molecule has 0 aliphatic carbocycles. The van der Waals surface area contributed by atoms with Crippen molar-refractivity contribution in [1.29, 1.82) is 0 Å². The van der Waals surface area contributed by atoms with Crippen LogP contribution in [0.2, 0.25) is 5.02 Å². The number of rotatable bonds is 4. The number of aryl methyl sites for hydroxylation is 1. The van der Waals surface area contributed by atoms with E-state index in [1.165, 1.54) is 5.57 Å².